The predicted molar refractivity (Wildman–Crippen MR) is 110 cm³/mol. The Morgan fingerprint density at radius 2 is 1.96 bits per heavy atom. The van der Waals surface area contributed by atoms with Gasteiger partial charge in [0.2, 0.25) is 0 Å². The highest BCUT2D eigenvalue weighted by atomic mass is 16.5. The van der Waals surface area contributed by atoms with Crippen molar-refractivity contribution in [1.82, 2.24) is 20.2 Å². The Hall–Kier alpha value is -3.41. The van der Waals surface area contributed by atoms with Gasteiger partial charge in [0.15, 0.2) is 5.82 Å². The summed E-state index contributed by atoms with van der Waals surface area (Å²) in [4.78, 5) is 9.50. The molecule has 0 unspecified atom stereocenters. The van der Waals surface area contributed by atoms with Crippen LogP contribution >= 0.6 is 0 Å². The van der Waals surface area contributed by atoms with Gasteiger partial charge in [-0.05, 0) is 57.0 Å². The van der Waals surface area contributed by atoms with Crippen LogP contribution in [0, 0.1) is 13.8 Å². The second-order valence-electron chi connectivity index (χ2n) is 7.25. The monoisotopic (exact) mass is 371 g/mol. The van der Waals surface area contributed by atoms with Gasteiger partial charge in [-0.1, -0.05) is 12.1 Å². The lowest BCUT2D eigenvalue weighted by Gasteiger charge is -2.13. The lowest BCUT2D eigenvalue weighted by atomic mass is 10.1. The van der Waals surface area contributed by atoms with Gasteiger partial charge >= 0.3 is 0 Å². The SMILES string of the molecule is Cc1nc(-c2cccc(OC3CC3)c2)nc(Nc2ccc3[nH]ncc3c2)c1C. The largest absolute Gasteiger partial charge is 0.490 e. The van der Waals surface area contributed by atoms with Crippen molar-refractivity contribution in [3.8, 4) is 17.1 Å². The van der Waals surface area contributed by atoms with Crippen molar-refractivity contribution in [2.24, 2.45) is 0 Å². The highest BCUT2D eigenvalue weighted by Gasteiger charge is 2.23. The van der Waals surface area contributed by atoms with Gasteiger partial charge in [-0.3, -0.25) is 5.10 Å². The molecule has 0 bridgehead atoms. The number of ether oxygens (including phenoxy) is 1. The molecule has 2 N–H and O–H groups in total. The van der Waals surface area contributed by atoms with Crippen molar-refractivity contribution in [2.75, 3.05) is 5.32 Å². The number of hydrogen-bond donors (Lipinski definition) is 2. The number of fused-ring (bicyclic) bond motifs is 1. The van der Waals surface area contributed by atoms with Gasteiger partial charge in [0.05, 0.1) is 17.8 Å². The Balaban J connectivity index is 1.49. The number of H-pyrrole nitrogens is 1. The highest BCUT2D eigenvalue weighted by Crippen LogP contribution is 2.30. The Morgan fingerprint density at radius 3 is 2.82 bits per heavy atom. The molecular weight excluding hydrogens is 350 g/mol. The number of benzene rings is 2. The summed E-state index contributed by atoms with van der Waals surface area (Å²) in [5, 5.41) is 11.5. The number of aryl methyl sites for hydroxylation is 1. The van der Waals surface area contributed by atoms with E-state index in [2.05, 4.69) is 21.6 Å². The average molecular weight is 371 g/mol. The van der Waals surface area contributed by atoms with Crippen molar-refractivity contribution in [3.63, 3.8) is 0 Å². The summed E-state index contributed by atoms with van der Waals surface area (Å²) >= 11 is 0. The van der Waals surface area contributed by atoms with Crippen molar-refractivity contribution >= 4 is 22.4 Å². The maximum absolute atomic E-state index is 5.92. The van der Waals surface area contributed by atoms with E-state index in [1.165, 1.54) is 0 Å². The maximum Gasteiger partial charge on any atom is 0.161 e. The van der Waals surface area contributed by atoms with Gasteiger partial charge in [0.25, 0.3) is 0 Å². The van der Waals surface area contributed by atoms with Gasteiger partial charge in [-0.15, -0.1) is 0 Å². The van der Waals surface area contributed by atoms with Crippen LogP contribution in [-0.2, 0) is 0 Å². The van der Waals surface area contributed by atoms with Gasteiger partial charge < -0.3 is 10.1 Å². The normalized spacial score (nSPS) is 13.6. The molecule has 140 valence electrons. The molecular formula is C22H21N5O. The zero-order valence-corrected chi connectivity index (χ0v) is 15.9. The van der Waals surface area contributed by atoms with Crippen LogP contribution in [-0.4, -0.2) is 26.3 Å². The Bertz CT molecular complexity index is 1160. The van der Waals surface area contributed by atoms with Gasteiger partial charge in [0.1, 0.15) is 11.6 Å². The van der Waals surface area contributed by atoms with E-state index in [9.17, 15) is 0 Å². The number of rotatable bonds is 5. The first-order chi connectivity index (χ1) is 13.7. The summed E-state index contributed by atoms with van der Waals surface area (Å²) in [5.74, 6) is 2.37. The first-order valence-corrected chi connectivity index (χ1v) is 9.48. The molecule has 2 heterocycles. The van der Waals surface area contributed by atoms with Crippen LogP contribution in [0.4, 0.5) is 11.5 Å². The lowest BCUT2D eigenvalue weighted by molar-refractivity contribution is 0.303. The second-order valence-corrected chi connectivity index (χ2v) is 7.25. The van der Waals surface area contributed by atoms with Crippen molar-refractivity contribution < 1.29 is 4.74 Å². The lowest BCUT2D eigenvalue weighted by Crippen LogP contribution is -2.03. The van der Waals surface area contributed by atoms with E-state index in [-0.39, 0.29) is 0 Å². The van der Waals surface area contributed by atoms with E-state index < -0.39 is 0 Å². The quantitative estimate of drug-likeness (QED) is 0.521. The molecule has 0 amide bonds. The fourth-order valence-corrected chi connectivity index (χ4v) is 3.12. The summed E-state index contributed by atoms with van der Waals surface area (Å²) in [6.45, 7) is 4.04. The third-order valence-corrected chi connectivity index (χ3v) is 5.01. The number of hydrogen-bond acceptors (Lipinski definition) is 5. The number of anilines is 2. The van der Waals surface area contributed by atoms with Crippen LogP contribution in [0.2, 0.25) is 0 Å². The van der Waals surface area contributed by atoms with E-state index in [0.717, 1.165) is 57.8 Å². The molecule has 28 heavy (non-hydrogen) atoms. The molecule has 6 nitrogen and oxygen atoms in total. The van der Waals surface area contributed by atoms with Crippen molar-refractivity contribution in [1.29, 1.82) is 0 Å². The Morgan fingerprint density at radius 1 is 1.07 bits per heavy atom. The average Bonchev–Trinajstić information content (AvgIpc) is 3.38. The molecule has 1 fully saturated rings. The number of nitrogens with one attached hydrogen (secondary N) is 2. The molecule has 1 saturated carbocycles. The van der Waals surface area contributed by atoms with Crippen LogP contribution in [0.15, 0.2) is 48.7 Å². The zero-order valence-electron chi connectivity index (χ0n) is 15.9. The summed E-state index contributed by atoms with van der Waals surface area (Å²) in [7, 11) is 0. The fourth-order valence-electron chi connectivity index (χ4n) is 3.12. The maximum atomic E-state index is 5.92. The molecule has 0 radical (unpaired) electrons. The topological polar surface area (TPSA) is 75.7 Å². The molecule has 2 aromatic heterocycles. The molecule has 5 rings (SSSR count). The van der Waals surface area contributed by atoms with Gasteiger partial charge in [-0.25, -0.2) is 9.97 Å². The summed E-state index contributed by atoms with van der Waals surface area (Å²) in [6.07, 6.45) is 4.46. The first-order valence-electron chi connectivity index (χ1n) is 9.48. The fraction of sp³-hybridized carbons (Fsp3) is 0.227. The van der Waals surface area contributed by atoms with E-state index in [4.69, 9.17) is 14.7 Å². The molecule has 4 aromatic rings. The highest BCUT2D eigenvalue weighted by molar-refractivity contribution is 5.83. The van der Waals surface area contributed by atoms with Crippen LogP contribution in [0.3, 0.4) is 0 Å². The molecule has 0 atom stereocenters. The van der Waals surface area contributed by atoms with Crippen LogP contribution < -0.4 is 10.1 Å². The molecule has 0 saturated heterocycles. The summed E-state index contributed by atoms with van der Waals surface area (Å²) in [5.41, 5.74) is 4.91. The molecule has 0 aliphatic heterocycles. The van der Waals surface area contributed by atoms with Crippen LogP contribution in [0.1, 0.15) is 24.1 Å². The predicted octanol–water partition coefficient (Wildman–Crippen LogP) is 4.92. The first kappa shape index (κ1) is 16.7. The molecule has 1 aliphatic rings. The molecule has 1 aliphatic carbocycles. The van der Waals surface area contributed by atoms with Crippen LogP contribution in [0.5, 0.6) is 5.75 Å². The number of aromatic nitrogens is 4. The minimum Gasteiger partial charge on any atom is -0.490 e. The van der Waals surface area contributed by atoms with E-state index >= 15 is 0 Å². The third kappa shape index (κ3) is 3.29. The van der Waals surface area contributed by atoms with Crippen molar-refractivity contribution in [2.45, 2.75) is 32.8 Å². The second kappa shape index (κ2) is 6.64. The minimum absolute atomic E-state index is 0.367. The van der Waals surface area contributed by atoms with E-state index in [1.807, 2.05) is 56.4 Å². The van der Waals surface area contributed by atoms with Gasteiger partial charge in [0, 0.05) is 27.9 Å². The third-order valence-electron chi connectivity index (χ3n) is 5.01. The smallest absolute Gasteiger partial charge is 0.161 e. The molecule has 6 heteroatoms. The number of nitrogens with zero attached hydrogens (tertiary/aromatic N) is 3. The summed E-state index contributed by atoms with van der Waals surface area (Å²) in [6, 6.07) is 14.1. The van der Waals surface area contributed by atoms with E-state index in [1.54, 1.807) is 0 Å². The van der Waals surface area contributed by atoms with E-state index in [0.29, 0.717) is 11.9 Å². The zero-order chi connectivity index (χ0) is 19.1. The van der Waals surface area contributed by atoms with Crippen molar-refractivity contribution in [3.05, 3.63) is 59.9 Å². The standard InChI is InChI=1S/C22H21N5O/c1-13-14(2)24-22(15-4-3-5-19(11-15)28-18-7-8-18)26-21(13)25-17-6-9-20-16(10-17)12-23-27-20/h3-6,9-12,18H,7-8H2,1-2H3,(H,23,27)(H,24,25,26). The summed E-state index contributed by atoms with van der Waals surface area (Å²) < 4.78 is 5.92. The Labute approximate surface area is 163 Å². The molecule has 0 spiro atoms. The number of aromatic amines is 1. The van der Waals surface area contributed by atoms with Gasteiger partial charge in [-0.2, -0.15) is 5.10 Å². The Kier molecular flexibility index (Phi) is 3.97. The van der Waals surface area contributed by atoms with Crippen LogP contribution in [0.25, 0.3) is 22.3 Å². The molecule has 2 aromatic carbocycles. The minimum atomic E-state index is 0.367.